The molecule has 2 amide bonds. The fourth-order valence-electron chi connectivity index (χ4n) is 1.79. The van der Waals surface area contributed by atoms with Crippen molar-refractivity contribution in [3.05, 3.63) is 29.8 Å². The van der Waals surface area contributed by atoms with E-state index in [0.29, 0.717) is 6.54 Å². The summed E-state index contributed by atoms with van der Waals surface area (Å²) in [6, 6.07) is 7.55. The molecule has 1 aromatic rings. The number of hydrogen-bond acceptors (Lipinski definition) is 2. The molecule has 0 saturated carbocycles. The van der Waals surface area contributed by atoms with E-state index in [-0.39, 0.29) is 18.0 Å². The van der Waals surface area contributed by atoms with Crippen molar-refractivity contribution < 1.29 is 4.79 Å². The Bertz CT molecular complexity index is 474. The van der Waals surface area contributed by atoms with Crippen molar-refractivity contribution in [3.8, 4) is 12.3 Å². The first-order chi connectivity index (χ1) is 10.1. The number of amides is 2. The van der Waals surface area contributed by atoms with Gasteiger partial charge >= 0.3 is 6.03 Å². The highest BCUT2D eigenvalue weighted by molar-refractivity contribution is 5.74. The monoisotopic (exact) mass is 287 g/mol. The Morgan fingerprint density at radius 2 is 1.95 bits per heavy atom. The first-order valence-electron chi connectivity index (χ1n) is 7.40. The lowest BCUT2D eigenvalue weighted by Gasteiger charge is -2.17. The van der Waals surface area contributed by atoms with Crippen LogP contribution in [0.2, 0.25) is 0 Å². The highest BCUT2D eigenvalue weighted by atomic mass is 16.2. The molecule has 0 heterocycles. The second-order valence-corrected chi connectivity index (χ2v) is 5.34. The molecular weight excluding hydrogens is 262 g/mol. The van der Waals surface area contributed by atoms with Gasteiger partial charge < -0.3 is 16.0 Å². The highest BCUT2D eigenvalue weighted by Crippen LogP contribution is 2.09. The highest BCUT2D eigenvalue weighted by Gasteiger charge is 2.12. The number of nitrogens with one attached hydrogen (secondary N) is 3. The van der Waals surface area contributed by atoms with Crippen LogP contribution in [0.4, 0.5) is 10.5 Å². The van der Waals surface area contributed by atoms with Gasteiger partial charge in [-0.2, -0.15) is 0 Å². The minimum absolute atomic E-state index is 0.213. The number of carbonyl (C=O) groups is 1. The van der Waals surface area contributed by atoms with Gasteiger partial charge in [0.05, 0.1) is 6.04 Å². The third kappa shape index (κ3) is 6.22. The van der Waals surface area contributed by atoms with E-state index in [1.165, 1.54) is 0 Å². The lowest BCUT2D eigenvalue weighted by molar-refractivity contribution is 0.236. The Labute approximate surface area is 127 Å². The summed E-state index contributed by atoms with van der Waals surface area (Å²) in [5.74, 6) is 2.79. The molecule has 1 atom stereocenters. The van der Waals surface area contributed by atoms with Crippen molar-refractivity contribution in [1.29, 1.82) is 0 Å². The van der Waals surface area contributed by atoms with E-state index in [4.69, 9.17) is 6.42 Å². The molecule has 0 spiro atoms. The van der Waals surface area contributed by atoms with Crippen LogP contribution in [-0.4, -0.2) is 18.6 Å². The quantitative estimate of drug-likeness (QED) is 0.675. The first kappa shape index (κ1) is 16.9. The van der Waals surface area contributed by atoms with E-state index >= 15 is 0 Å². The first-order valence-corrected chi connectivity index (χ1v) is 7.40. The second-order valence-electron chi connectivity index (χ2n) is 5.34. The van der Waals surface area contributed by atoms with Crippen LogP contribution in [0.1, 0.15) is 32.8 Å². The van der Waals surface area contributed by atoms with Crippen LogP contribution in [0.25, 0.3) is 0 Å². The molecule has 114 valence electrons. The Morgan fingerprint density at radius 3 is 2.48 bits per heavy atom. The summed E-state index contributed by atoms with van der Waals surface area (Å²) < 4.78 is 0. The van der Waals surface area contributed by atoms with Crippen molar-refractivity contribution in [2.45, 2.75) is 39.8 Å². The summed E-state index contributed by atoms with van der Waals surface area (Å²) in [5, 5.41) is 8.90. The van der Waals surface area contributed by atoms with E-state index in [1.807, 2.05) is 38.1 Å². The maximum absolute atomic E-state index is 11.8. The average Bonchev–Trinajstić information content (AvgIpc) is 2.49. The lowest BCUT2D eigenvalue weighted by Crippen LogP contribution is -2.43. The topological polar surface area (TPSA) is 53.2 Å². The standard InChI is InChI=1S/C17H25N3O/c1-5-11-18-15-9-7-14(8-10-15)12-19-17(21)20-16(6-2)13(3)4/h2,7-10,13,16,18H,5,11-12H2,1,3-4H3,(H2,19,20,21). The van der Waals surface area contributed by atoms with Gasteiger partial charge in [0.15, 0.2) is 0 Å². The lowest BCUT2D eigenvalue weighted by atomic mass is 10.1. The van der Waals surface area contributed by atoms with Crippen LogP contribution in [0.3, 0.4) is 0 Å². The predicted molar refractivity (Wildman–Crippen MR) is 88.1 cm³/mol. The van der Waals surface area contributed by atoms with Gasteiger partial charge in [0, 0.05) is 18.8 Å². The number of hydrogen-bond donors (Lipinski definition) is 3. The van der Waals surface area contributed by atoms with Crippen molar-refractivity contribution in [2.24, 2.45) is 5.92 Å². The molecule has 1 aromatic carbocycles. The zero-order valence-electron chi connectivity index (χ0n) is 13.1. The van der Waals surface area contributed by atoms with E-state index in [2.05, 4.69) is 28.8 Å². The fraction of sp³-hybridized carbons (Fsp3) is 0.471. The Kier molecular flexibility index (Phi) is 7.17. The minimum atomic E-state index is -0.245. The summed E-state index contributed by atoms with van der Waals surface area (Å²) >= 11 is 0. The van der Waals surface area contributed by atoms with E-state index < -0.39 is 0 Å². The van der Waals surface area contributed by atoms with Crippen LogP contribution in [0, 0.1) is 18.3 Å². The van der Waals surface area contributed by atoms with Crippen molar-refractivity contribution in [1.82, 2.24) is 10.6 Å². The Hall–Kier alpha value is -2.15. The summed E-state index contributed by atoms with van der Waals surface area (Å²) in [6.07, 6.45) is 6.48. The number of urea groups is 1. The van der Waals surface area contributed by atoms with Crippen molar-refractivity contribution in [3.63, 3.8) is 0 Å². The minimum Gasteiger partial charge on any atom is -0.385 e. The summed E-state index contributed by atoms with van der Waals surface area (Å²) in [7, 11) is 0. The van der Waals surface area contributed by atoms with Crippen molar-refractivity contribution >= 4 is 11.7 Å². The summed E-state index contributed by atoms with van der Waals surface area (Å²) in [5.41, 5.74) is 2.14. The number of terminal acetylenes is 1. The largest absolute Gasteiger partial charge is 0.385 e. The molecule has 21 heavy (non-hydrogen) atoms. The molecule has 0 aliphatic rings. The van der Waals surface area contributed by atoms with Gasteiger partial charge in [0.1, 0.15) is 0 Å². The molecule has 0 aromatic heterocycles. The number of carbonyl (C=O) groups excluding carboxylic acids is 1. The molecule has 4 heteroatoms. The molecule has 0 aliphatic carbocycles. The van der Waals surface area contributed by atoms with Gasteiger partial charge in [-0.15, -0.1) is 6.42 Å². The van der Waals surface area contributed by atoms with Gasteiger partial charge in [-0.3, -0.25) is 0 Å². The van der Waals surface area contributed by atoms with Crippen LogP contribution in [0.15, 0.2) is 24.3 Å². The molecule has 0 saturated heterocycles. The third-order valence-corrected chi connectivity index (χ3v) is 3.12. The zero-order valence-corrected chi connectivity index (χ0v) is 13.1. The van der Waals surface area contributed by atoms with Crippen molar-refractivity contribution in [2.75, 3.05) is 11.9 Å². The summed E-state index contributed by atoms with van der Waals surface area (Å²) in [6.45, 7) is 7.53. The SMILES string of the molecule is C#CC(NC(=O)NCc1ccc(NCCC)cc1)C(C)C. The predicted octanol–water partition coefficient (Wildman–Crippen LogP) is 2.97. The molecule has 0 radical (unpaired) electrons. The van der Waals surface area contributed by atoms with Gasteiger partial charge in [-0.05, 0) is 30.0 Å². The maximum atomic E-state index is 11.8. The van der Waals surface area contributed by atoms with Gasteiger partial charge in [-0.1, -0.05) is 38.8 Å². The van der Waals surface area contributed by atoms with Gasteiger partial charge in [0.2, 0.25) is 0 Å². The van der Waals surface area contributed by atoms with E-state index in [1.54, 1.807) is 0 Å². The molecule has 0 fully saturated rings. The fourth-order valence-corrected chi connectivity index (χ4v) is 1.79. The summed E-state index contributed by atoms with van der Waals surface area (Å²) in [4.78, 5) is 11.8. The number of anilines is 1. The molecule has 3 N–H and O–H groups in total. The molecule has 0 aliphatic heterocycles. The van der Waals surface area contributed by atoms with E-state index in [0.717, 1.165) is 24.2 Å². The molecule has 1 unspecified atom stereocenters. The average molecular weight is 287 g/mol. The maximum Gasteiger partial charge on any atom is 0.316 e. The molecular formula is C17H25N3O. The van der Waals surface area contributed by atoms with Gasteiger partial charge in [0.25, 0.3) is 0 Å². The van der Waals surface area contributed by atoms with Crippen LogP contribution in [-0.2, 0) is 6.54 Å². The van der Waals surface area contributed by atoms with Crippen LogP contribution >= 0.6 is 0 Å². The molecule has 4 nitrogen and oxygen atoms in total. The number of rotatable bonds is 7. The smallest absolute Gasteiger partial charge is 0.316 e. The third-order valence-electron chi connectivity index (χ3n) is 3.12. The van der Waals surface area contributed by atoms with Crippen LogP contribution < -0.4 is 16.0 Å². The second kappa shape index (κ2) is 8.91. The molecule has 0 bridgehead atoms. The number of benzene rings is 1. The Balaban J connectivity index is 2.41. The zero-order chi connectivity index (χ0) is 15.7. The normalized spacial score (nSPS) is 11.6. The Morgan fingerprint density at radius 1 is 1.29 bits per heavy atom. The van der Waals surface area contributed by atoms with Crippen LogP contribution in [0.5, 0.6) is 0 Å². The van der Waals surface area contributed by atoms with E-state index in [9.17, 15) is 4.79 Å². The van der Waals surface area contributed by atoms with Gasteiger partial charge in [-0.25, -0.2) is 4.79 Å². The molecule has 1 rings (SSSR count).